The fraction of sp³-hybridized carbons (Fsp3) is 0.333. The highest BCUT2D eigenvalue weighted by molar-refractivity contribution is 5.96. The third-order valence-corrected chi connectivity index (χ3v) is 3.21. The first-order valence-electron chi connectivity index (χ1n) is 6.05. The number of rotatable bonds is 1. The van der Waals surface area contributed by atoms with Crippen molar-refractivity contribution in [3.63, 3.8) is 0 Å². The molecule has 0 saturated heterocycles. The average molecular weight is 257 g/mol. The molecule has 1 aromatic rings. The maximum absolute atomic E-state index is 12.0. The van der Waals surface area contributed by atoms with Crippen LogP contribution in [0.3, 0.4) is 0 Å². The lowest BCUT2D eigenvalue weighted by Crippen LogP contribution is -2.48. The molecule has 1 amide bonds. The number of amides is 1. The van der Waals surface area contributed by atoms with Crippen molar-refractivity contribution in [1.29, 1.82) is 0 Å². The second-order valence-electron chi connectivity index (χ2n) is 4.32. The van der Waals surface area contributed by atoms with Gasteiger partial charge in [0.2, 0.25) is 0 Å². The molecular formula is C15H15NO3. The lowest BCUT2D eigenvalue weighted by molar-refractivity contribution is -0.152. The van der Waals surface area contributed by atoms with E-state index in [1.807, 2.05) is 24.3 Å². The van der Waals surface area contributed by atoms with E-state index >= 15 is 0 Å². The summed E-state index contributed by atoms with van der Waals surface area (Å²) in [7, 11) is 1.33. The Morgan fingerprint density at radius 2 is 2.00 bits per heavy atom. The Kier molecular flexibility index (Phi) is 3.86. The number of carbonyl (C=O) groups excluding carboxylic acids is 2. The van der Waals surface area contributed by atoms with Crippen LogP contribution in [0.15, 0.2) is 24.3 Å². The van der Waals surface area contributed by atoms with Crippen LogP contribution in [0.4, 0.5) is 0 Å². The Morgan fingerprint density at radius 3 is 2.63 bits per heavy atom. The van der Waals surface area contributed by atoms with Gasteiger partial charge in [-0.3, -0.25) is 4.79 Å². The molecule has 0 saturated carbocycles. The fourth-order valence-corrected chi connectivity index (χ4v) is 2.26. The molecule has 0 N–H and O–H groups in total. The summed E-state index contributed by atoms with van der Waals surface area (Å²) in [6.07, 6.45) is 0.472. The van der Waals surface area contributed by atoms with Crippen molar-refractivity contribution >= 4 is 11.9 Å². The highest BCUT2D eigenvalue weighted by Gasteiger charge is 2.34. The third kappa shape index (κ3) is 2.60. The number of benzene rings is 1. The number of ether oxygens (including phenoxy) is 1. The standard InChI is InChI=1S/C15H15NO3/c1-3-6-14(17)16-10-12-8-5-4-7-11(12)9-13(16)15(18)19-2/h4-5,7-8,13H,9-10H2,1-2H3. The van der Waals surface area contributed by atoms with Gasteiger partial charge in [-0.15, -0.1) is 0 Å². The second kappa shape index (κ2) is 5.57. The molecule has 1 unspecified atom stereocenters. The van der Waals surface area contributed by atoms with Crippen LogP contribution in [-0.2, 0) is 27.3 Å². The number of hydrogen-bond donors (Lipinski definition) is 0. The summed E-state index contributed by atoms with van der Waals surface area (Å²) >= 11 is 0. The summed E-state index contributed by atoms with van der Waals surface area (Å²) < 4.78 is 4.78. The summed E-state index contributed by atoms with van der Waals surface area (Å²) in [6, 6.07) is 7.19. The SMILES string of the molecule is CC#CC(=O)N1Cc2ccccc2CC1C(=O)OC. The van der Waals surface area contributed by atoms with Crippen LogP contribution < -0.4 is 0 Å². The topological polar surface area (TPSA) is 46.6 Å². The molecule has 0 fully saturated rings. The smallest absolute Gasteiger partial charge is 0.328 e. The van der Waals surface area contributed by atoms with Crippen molar-refractivity contribution < 1.29 is 14.3 Å². The van der Waals surface area contributed by atoms with Crippen LogP contribution in [0.25, 0.3) is 0 Å². The van der Waals surface area contributed by atoms with Crippen LogP contribution in [0, 0.1) is 11.8 Å². The summed E-state index contributed by atoms with van der Waals surface area (Å²) in [5, 5.41) is 0. The maximum atomic E-state index is 12.0. The Morgan fingerprint density at radius 1 is 1.32 bits per heavy atom. The van der Waals surface area contributed by atoms with Gasteiger partial charge in [-0.25, -0.2) is 4.79 Å². The molecule has 4 heteroatoms. The monoisotopic (exact) mass is 257 g/mol. The number of fused-ring (bicyclic) bond motifs is 1. The maximum Gasteiger partial charge on any atom is 0.328 e. The largest absolute Gasteiger partial charge is 0.467 e. The van der Waals surface area contributed by atoms with Crippen LogP contribution in [0.5, 0.6) is 0 Å². The van der Waals surface area contributed by atoms with E-state index in [9.17, 15) is 9.59 Å². The van der Waals surface area contributed by atoms with Gasteiger partial charge in [-0.1, -0.05) is 30.2 Å². The minimum absolute atomic E-state index is 0.340. The van der Waals surface area contributed by atoms with E-state index in [0.717, 1.165) is 11.1 Å². The van der Waals surface area contributed by atoms with E-state index in [4.69, 9.17) is 4.74 Å². The molecule has 1 aromatic carbocycles. The van der Waals surface area contributed by atoms with E-state index in [1.54, 1.807) is 6.92 Å². The van der Waals surface area contributed by atoms with E-state index < -0.39 is 12.0 Å². The highest BCUT2D eigenvalue weighted by Crippen LogP contribution is 2.23. The van der Waals surface area contributed by atoms with Gasteiger partial charge in [-0.05, 0) is 24.0 Å². The Hall–Kier alpha value is -2.28. The molecule has 0 aromatic heterocycles. The predicted molar refractivity (Wildman–Crippen MR) is 70.0 cm³/mol. The van der Waals surface area contributed by atoms with Gasteiger partial charge < -0.3 is 9.64 Å². The van der Waals surface area contributed by atoms with Gasteiger partial charge in [0.1, 0.15) is 6.04 Å². The summed E-state index contributed by atoms with van der Waals surface area (Å²) in [5.41, 5.74) is 2.13. The molecule has 0 bridgehead atoms. The minimum Gasteiger partial charge on any atom is -0.467 e. The lowest BCUT2D eigenvalue weighted by atomic mass is 9.94. The van der Waals surface area contributed by atoms with Crippen LogP contribution in [-0.4, -0.2) is 29.9 Å². The van der Waals surface area contributed by atoms with Crippen LogP contribution in [0.2, 0.25) is 0 Å². The molecule has 4 nitrogen and oxygen atoms in total. The van der Waals surface area contributed by atoms with Gasteiger partial charge >= 0.3 is 5.97 Å². The van der Waals surface area contributed by atoms with Crippen molar-refractivity contribution in [2.24, 2.45) is 0 Å². The quantitative estimate of drug-likeness (QED) is 0.560. The Bertz CT molecular complexity index is 568. The number of esters is 1. The Labute approximate surface area is 112 Å². The van der Waals surface area contributed by atoms with E-state index in [2.05, 4.69) is 11.8 Å². The van der Waals surface area contributed by atoms with Gasteiger partial charge in [0, 0.05) is 13.0 Å². The molecule has 1 heterocycles. The lowest BCUT2D eigenvalue weighted by Gasteiger charge is -2.33. The van der Waals surface area contributed by atoms with Crippen LogP contribution in [0.1, 0.15) is 18.1 Å². The summed E-state index contributed by atoms with van der Waals surface area (Å²) in [5.74, 6) is 4.31. The van der Waals surface area contributed by atoms with E-state index in [-0.39, 0.29) is 5.91 Å². The molecule has 1 atom stereocenters. The first kappa shape index (κ1) is 13.2. The van der Waals surface area contributed by atoms with Crippen molar-refractivity contribution in [2.75, 3.05) is 7.11 Å². The summed E-state index contributed by atoms with van der Waals surface area (Å²) in [4.78, 5) is 25.3. The molecule has 0 radical (unpaired) electrons. The Balaban J connectivity index is 2.36. The number of methoxy groups -OCH3 is 1. The second-order valence-corrected chi connectivity index (χ2v) is 4.32. The average Bonchev–Trinajstić information content (AvgIpc) is 2.45. The third-order valence-electron chi connectivity index (χ3n) is 3.21. The predicted octanol–water partition coefficient (Wildman–Crippen LogP) is 1.14. The fourth-order valence-electron chi connectivity index (χ4n) is 2.26. The zero-order chi connectivity index (χ0) is 13.8. The zero-order valence-corrected chi connectivity index (χ0v) is 11.0. The van der Waals surface area contributed by atoms with Gasteiger partial charge in [-0.2, -0.15) is 0 Å². The first-order chi connectivity index (χ1) is 9.17. The van der Waals surface area contributed by atoms with Crippen molar-refractivity contribution in [1.82, 2.24) is 4.90 Å². The van der Waals surface area contributed by atoms with Gasteiger partial charge in [0.15, 0.2) is 0 Å². The van der Waals surface area contributed by atoms with Gasteiger partial charge in [0.25, 0.3) is 5.91 Å². The number of carbonyl (C=O) groups is 2. The molecule has 1 aliphatic heterocycles. The molecule has 1 aliphatic rings. The van der Waals surface area contributed by atoms with Crippen LogP contribution >= 0.6 is 0 Å². The van der Waals surface area contributed by atoms with Gasteiger partial charge in [0.05, 0.1) is 7.11 Å². The first-order valence-corrected chi connectivity index (χ1v) is 6.05. The number of hydrogen-bond acceptors (Lipinski definition) is 3. The zero-order valence-electron chi connectivity index (χ0n) is 11.0. The summed E-state index contributed by atoms with van der Waals surface area (Å²) in [6.45, 7) is 1.99. The van der Waals surface area contributed by atoms with Crippen molar-refractivity contribution in [2.45, 2.75) is 25.9 Å². The normalized spacial score (nSPS) is 16.9. The number of nitrogens with zero attached hydrogens (tertiary/aromatic N) is 1. The highest BCUT2D eigenvalue weighted by atomic mass is 16.5. The molecule has 19 heavy (non-hydrogen) atoms. The molecule has 0 aliphatic carbocycles. The van der Waals surface area contributed by atoms with Crippen molar-refractivity contribution in [3.8, 4) is 11.8 Å². The van der Waals surface area contributed by atoms with E-state index in [1.165, 1.54) is 12.0 Å². The molecular weight excluding hydrogens is 242 g/mol. The minimum atomic E-state index is -0.590. The van der Waals surface area contributed by atoms with Crippen molar-refractivity contribution in [3.05, 3.63) is 35.4 Å². The molecule has 0 spiro atoms. The molecule has 98 valence electrons. The van der Waals surface area contributed by atoms with E-state index in [0.29, 0.717) is 13.0 Å². The molecule has 2 rings (SSSR count).